The van der Waals surface area contributed by atoms with Gasteiger partial charge in [-0.15, -0.1) is 0 Å². The number of hydrogen-bond acceptors (Lipinski definition) is 10. The molecular formula is C29H38N6O8. The van der Waals surface area contributed by atoms with Crippen molar-refractivity contribution in [3.8, 4) is 0 Å². The molecular weight excluding hydrogens is 560 g/mol. The summed E-state index contributed by atoms with van der Waals surface area (Å²) < 4.78 is 15.6. The van der Waals surface area contributed by atoms with Crippen molar-refractivity contribution in [2.45, 2.75) is 25.4 Å². The average molecular weight is 599 g/mol. The molecule has 14 nitrogen and oxygen atoms in total. The maximum atomic E-state index is 12.8. The lowest BCUT2D eigenvalue weighted by molar-refractivity contribution is -0.136. The van der Waals surface area contributed by atoms with Crippen molar-refractivity contribution in [3.05, 3.63) is 53.6 Å². The van der Waals surface area contributed by atoms with Crippen LogP contribution in [0.4, 0.5) is 21.9 Å². The predicted molar refractivity (Wildman–Crippen MR) is 158 cm³/mol. The molecule has 2 heterocycles. The summed E-state index contributed by atoms with van der Waals surface area (Å²) in [5.41, 5.74) is 3.62. The third kappa shape index (κ3) is 9.64. The number of fused-ring (bicyclic) bond motifs is 1. The summed E-state index contributed by atoms with van der Waals surface area (Å²) >= 11 is 0. The molecule has 1 fully saturated rings. The monoisotopic (exact) mass is 598 g/mol. The van der Waals surface area contributed by atoms with Crippen LogP contribution in [0, 0.1) is 0 Å². The highest BCUT2D eigenvalue weighted by molar-refractivity contribution is 6.05. The summed E-state index contributed by atoms with van der Waals surface area (Å²) in [5.74, 6) is -0.969. The second-order valence-electron chi connectivity index (χ2n) is 9.85. The topological polar surface area (TPSA) is 180 Å². The second kappa shape index (κ2) is 16.4. The van der Waals surface area contributed by atoms with Crippen LogP contribution >= 0.6 is 0 Å². The van der Waals surface area contributed by atoms with E-state index in [1.807, 2.05) is 24.3 Å². The molecule has 2 aliphatic heterocycles. The van der Waals surface area contributed by atoms with Crippen molar-refractivity contribution < 1.29 is 38.5 Å². The Morgan fingerprint density at radius 1 is 0.884 bits per heavy atom. The van der Waals surface area contributed by atoms with Crippen LogP contribution in [-0.2, 0) is 30.3 Å². The number of hydrogen-bond donors (Lipinski definition) is 6. The Bertz CT molecular complexity index is 1280. The first-order valence-corrected chi connectivity index (χ1v) is 14.2. The minimum absolute atomic E-state index is 0.212. The summed E-state index contributed by atoms with van der Waals surface area (Å²) in [5, 5.41) is 22.9. The van der Waals surface area contributed by atoms with Crippen LogP contribution in [0.2, 0.25) is 0 Å². The maximum Gasteiger partial charge on any atom is 0.319 e. The largest absolute Gasteiger partial charge is 0.383 e. The fraction of sp³-hybridized carbons (Fsp3) is 0.448. The van der Waals surface area contributed by atoms with Crippen molar-refractivity contribution in [2.24, 2.45) is 0 Å². The van der Waals surface area contributed by atoms with Crippen molar-refractivity contribution in [2.75, 3.05) is 75.4 Å². The van der Waals surface area contributed by atoms with Gasteiger partial charge in [0.2, 0.25) is 11.8 Å². The van der Waals surface area contributed by atoms with Crippen molar-refractivity contribution in [3.63, 3.8) is 0 Å². The normalized spacial score (nSPS) is 16.1. The number of urea groups is 1. The predicted octanol–water partition coefficient (Wildman–Crippen LogP) is 1.09. The van der Waals surface area contributed by atoms with Gasteiger partial charge in [0.05, 0.1) is 33.0 Å². The number of aliphatic hydroxyl groups is 1. The molecule has 0 radical (unpaired) electrons. The zero-order valence-corrected chi connectivity index (χ0v) is 23.9. The third-order valence-corrected chi connectivity index (χ3v) is 6.79. The molecule has 4 rings (SSSR count). The summed E-state index contributed by atoms with van der Waals surface area (Å²) in [4.78, 5) is 50.4. The van der Waals surface area contributed by atoms with E-state index >= 15 is 0 Å². The van der Waals surface area contributed by atoms with Gasteiger partial charge in [-0.05, 0) is 48.4 Å². The number of benzene rings is 2. The highest BCUT2D eigenvalue weighted by atomic mass is 16.6. The molecule has 6 N–H and O–H groups in total. The Morgan fingerprint density at radius 3 is 2.40 bits per heavy atom. The van der Waals surface area contributed by atoms with Crippen molar-refractivity contribution in [1.29, 1.82) is 0 Å². The van der Waals surface area contributed by atoms with Crippen LogP contribution in [0.15, 0.2) is 42.5 Å². The lowest BCUT2D eigenvalue weighted by Gasteiger charge is -2.29. The molecule has 0 spiro atoms. The number of anilines is 3. The zero-order chi connectivity index (χ0) is 30.4. The molecule has 0 saturated carbocycles. The Morgan fingerprint density at radius 2 is 1.60 bits per heavy atom. The molecule has 0 aromatic heterocycles. The van der Waals surface area contributed by atoms with E-state index in [4.69, 9.17) is 19.3 Å². The van der Waals surface area contributed by atoms with E-state index in [9.17, 15) is 19.2 Å². The van der Waals surface area contributed by atoms with E-state index in [-0.39, 0.29) is 31.1 Å². The molecule has 1 atom stereocenters. The summed E-state index contributed by atoms with van der Waals surface area (Å²) in [7, 11) is 0. The molecule has 1 saturated heterocycles. The van der Waals surface area contributed by atoms with Gasteiger partial charge < -0.3 is 45.5 Å². The number of aliphatic hydroxyl groups excluding tert-OH is 1. The number of carbonyl (C=O) groups is 4. The molecule has 2 aromatic carbocycles. The molecule has 43 heavy (non-hydrogen) atoms. The Labute approximate surface area is 249 Å². The SMILES string of the molecule is O=C1CCC(N2Cc3cc(NCCNC(=O)Nc4cccc(NCCOCCOCCOCO)c4)ccc3C2=O)C(=O)N1. The van der Waals surface area contributed by atoms with E-state index < -0.39 is 11.9 Å². The van der Waals surface area contributed by atoms with E-state index in [0.29, 0.717) is 76.9 Å². The van der Waals surface area contributed by atoms with Gasteiger partial charge in [0.25, 0.3) is 5.91 Å². The van der Waals surface area contributed by atoms with E-state index in [1.165, 1.54) is 4.90 Å². The molecule has 2 aromatic rings. The first-order chi connectivity index (χ1) is 20.9. The lowest BCUT2D eigenvalue weighted by atomic mass is 10.0. The highest BCUT2D eigenvalue weighted by Gasteiger charge is 2.39. The van der Waals surface area contributed by atoms with Gasteiger partial charge in [-0.25, -0.2) is 4.79 Å². The number of imide groups is 1. The Hall–Kier alpha value is -4.24. The van der Waals surface area contributed by atoms with Crippen LogP contribution in [0.25, 0.3) is 0 Å². The molecule has 5 amide bonds. The Balaban J connectivity index is 1.11. The molecule has 232 valence electrons. The smallest absolute Gasteiger partial charge is 0.319 e. The summed E-state index contributed by atoms with van der Waals surface area (Å²) in [6.45, 7) is 3.51. The minimum atomic E-state index is -0.650. The first kappa shape index (κ1) is 31.7. The number of nitrogens with zero attached hydrogens (tertiary/aromatic N) is 1. The van der Waals surface area contributed by atoms with Crippen LogP contribution < -0.4 is 26.6 Å². The molecule has 0 bridgehead atoms. The summed E-state index contributed by atoms with van der Waals surface area (Å²) in [6.07, 6.45) is 0.532. The standard InChI is InChI=1S/C29H38N6O8/c36-19-43-15-14-42-13-12-41-11-10-31-21-2-1-3-23(17-21)33-29(40)32-9-8-30-22-4-5-24-20(16-22)18-35(28(24)39)25-6-7-26(37)34-27(25)38/h1-5,16-17,25,30-31,36H,6-15,18-19H2,(H2,32,33,40)(H,34,37,38). The van der Waals surface area contributed by atoms with Gasteiger partial charge in [-0.3, -0.25) is 19.7 Å². The van der Waals surface area contributed by atoms with Gasteiger partial charge in [0.1, 0.15) is 12.8 Å². The number of amides is 5. The molecule has 14 heteroatoms. The second-order valence-corrected chi connectivity index (χ2v) is 9.85. The molecule has 2 aliphatic rings. The van der Waals surface area contributed by atoms with E-state index in [1.54, 1.807) is 18.2 Å². The van der Waals surface area contributed by atoms with Gasteiger partial charge in [-0.1, -0.05) is 6.07 Å². The van der Waals surface area contributed by atoms with Crippen LogP contribution in [0.1, 0.15) is 28.8 Å². The van der Waals surface area contributed by atoms with E-state index in [0.717, 1.165) is 16.9 Å². The van der Waals surface area contributed by atoms with Gasteiger partial charge in [-0.2, -0.15) is 0 Å². The fourth-order valence-corrected chi connectivity index (χ4v) is 4.72. The fourth-order valence-electron chi connectivity index (χ4n) is 4.72. The first-order valence-electron chi connectivity index (χ1n) is 14.2. The number of ether oxygens (including phenoxy) is 3. The van der Waals surface area contributed by atoms with Gasteiger partial charge in [0, 0.05) is 55.2 Å². The number of piperidine rings is 1. The quantitative estimate of drug-likeness (QED) is 0.0877. The molecule has 0 aliphatic carbocycles. The van der Waals surface area contributed by atoms with Crippen molar-refractivity contribution in [1.82, 2.24) is 15.5 Å². The van der Waals surface area contributed by atoms with Crippen LogP contribution in [0.3, 0.4) is 0 Å². The average Bonchev–Trinajstić information content (AvgIpc) is 3.31. The molecule has 1 unspecified atom stereocenters. The zero-order valence-electron chi connectivity index (χ0n) is 23.9. The van der Waals surface area contributed by atoms with Crippen LogP contribution in [0.5, 0.6) is 0 Å². The number of nitrogens with one attached hydrogen (secondary N) is 5. The highest BCUT2D eigenvalue weighted by Crippen LogP contribution is 2.29. The van der Waals surface area contributed by atoms with Gasteiger partial charge >= 0.3 is 6.03 Å². The lowest BCUT2D eigenvalue weighted by Crippen LogP contribution is -2.52. The number of rotatable bonds is 17. The van der Waals surface area contributed by atoms with E-state index in [2.05, 4.69) is 26.6 Å². The maximum absolute atomic E-state index is 12.8. The van der Waals surface area contributed by atoms with Crippen LogP contribution in [-0.4, -0.2) is 99.3 Å². The van der Waals surface area contributed by atoms with Gasteiger partial charge in [0.15, 0.2) is 0 Å². The Kier molecular flexibility index (Phi) is 12.1. The third-order valence-electron chi connectivity index (χ3n) is 6.79. The summed E-state index contributed by atoms with van der Waals surface area (Å²) in [6, 6.07) is 11.7. The number of carbonyl (C=O) groups excluding carboxylic acids is 4. The van der Waals surface area contributed by atoms with Crippen molar-refractivity contribution >= 4 is 40.8 Å². The minimum Gasteiger partial charge on any atom is -0.383 e.